The van der Waals surface area contributed by atoms with Crippen LogP contribution in [0.5, 0.6) is 5.75 Å². The second-order valence-electron chi connectivity index (χ2n) is 7.66. The van der Waals surface area contributed by atoms with Crippen LogP contribution in [-0.2, 0) is 6.54 Å². The number of fused-ring (bicyclic) bond motifs is 1. The number of aromatic nitrogens is 3. The number of benzene rings is 2. The smallest absolute Gasteiger partial charge is 0.275 e. The Bertz CT molecular complexity index is 1220. The molecule has 0 saturated heterocycles. The van der Waals surface area contributed by atoms with Crippen LogP contribution >= 0.6 is 23.2 Å². The van der Waals surface area contributed by atoms with Crippen molar-refractivity contribution < 1.29 is 14.4 Å². The molecule has 7 nitrogen and oxygen atoms in total. The molecular formula is C23H24Cl2N4O3. The van der Waals surface area contributed by atoms with Crippen LogP contribution < -0.4 is 10.1 Å². The average molecular weight is 475 g/mol. The summed E-state index contributed by atoms with van der Waals surface area (Å²) in [5.74, 6) is 1.33. The van der Waals surface area contributed by atoms with Crippen LogP contribution in [0.3, 0.4) is 0 Å². The van der Waals surface area contributed by atoms with Crippen molar-refractivity contribution in [1.82, 2.24) is 20.0 Å². The highest BCUT2D eigenvalue weighted by molar-refractivity contribution is 6.35. The van der Waals surface area contributed by atoms with Crippen LogP contribution in [0.2, 0.25) is 10.0 Å². The molecule has 0 fully saturated rings. The summed E-state index contributed by atoms with van der Waals surface area (Å²) in [5.41, 5.74) is 2.67. The lowest BCUT2D eigenvalue weighted by Gasteiger charge is -2.11. The van der Waals surface area contributed by atoms with Crippen molar-refractivity contribution in [1.29, 1.82) is 0 Å². The van der Waals surface area contributed by atoms with Gasteiger partial charge in [-0.1, -0.05) is 29.3 Å². The fraction of sp³-hybridized carbons (Fsp3) is 0.304. The van der Waals surface area contributed by atoms with Crippen LogP contribution in [0, 0.1) is 0 Å². The molecule has 0 aliphatic rings. The van der Waals surface area contributed by atoms with Crippen molar-refractivity contribution in [2.45, 2.75) is 32.9 Å². The van der Waals surface area contributed by atoms with Gasteiger partial charge in [0.2, 0.25) is 0 Å². The maximum Gasteiger partial charge on any atom is 0.275 e. The van der Waals surface area contributed by atoms with E-state index in [0.29, 0.717) is 39.7 Å². The molecule has 0 unspecified atom stereocenters. The summed E-state index contributed by atoms with van der Waals surface area (Å²) < 4.78 is 13.0. The largest absolute Gasteiger partial charge is 0.489 e. The SMILES string of the molecule is CC(C)Oc1ccc(-c2nc(-n3cc(Cl)c4cc(CNCCCO)ccc43)no2)cc1Cl. The van der Waals surface area contributed by atoms with E-state index in [1.54, 1.807) is 22.9 Å². The van der Waals surface area contributed by atoms with Crippen LogP contribution in [0.4, 0.5) is 0 Å². The van der Waals surface area contributed by atoms with Gasteiger partial charge in [-0.15, -0.1) is 0 Å². The first-order chi connectivity index (χ1) is 15.5. The lowest BCUT2D eigenvalue weighted by Crippen LogP contribution is -2.15. The minimum absolute atomic E-state index is 0.0250. The fourth-order valence-electron chi connectivity index (χ4n) is 3.36. The normalized spacial score (nSPS) is 11.6. The van der Waals surface area contributed by atoms with Gasteiger partial charge in [-0.2, -0.15) is 4.98 Å². The molecule has 9 heteroatoms. The molecule has 4 rings (SSSR count). The summed E-state index contributed by atoms with van der Waals surface area (Å²) >= 11 is 12.8. The highest BCUT2D eigenvalue weighted by atomic mass is 35.5. The number of aliphatic hydroxyl groups is 1. The molecule has 0 aliphatic heterocycles. The lowest BCUT2D eigenvalue weighted by molar-refractivity contribution is 0.242. The van der Waals surface area contributed by atoms with Crippen molar-refractivity contribution in [3.8, 4) is 23.2 Å². The number of hydrogen-bond acceptors (Lipinski definition) is 6. The maximum atomic E-state index is 8.89. The van der Waals surface area contributed by atoms with E-state index in [1.165, 1.54) is 0 Å². The molecule has 0 saturated carbocycles. The molecule has 168 valence electrons. The molecule has 0 bridgehead atoms. The number of halogens is 2. The van der Waals surface area contributed by atoms with Gasteiger partial charge in [0.15, 0.2) is 0 Å². The zero-order valence-corrected chi connectivity index (χ0v) is 19.3. The fourth-order valence-corrected chi connectivity index (χ4v) is 3.84. The van der Waals surface area contributed by atoms with E-state index in [-0.39, 0.29) is 12.7 Å². The molecule has 0 atom stereocenters. The minimum Gasteiger partial charge on any atom is -0.489 e. The van der Waals surface area contributed by atoms with Gasteiger partial charge in [0, 0.05) is 30.3 Å². The molecule has 2 heterocycles. The van der Waals surface area contributed by atoms with E-state index in [0.717, 1.165) is 29.4 Å². The Balaban J connectivity index is 1.58. The molecular weight excluding hydrogens is 451 g/mol. The average Bonchev–Trinajstić information content (AvgIpc) is 3.37. The van der Waals surface area contributed by atoms with Gasteiger partial charge in [-0.25, -0.2) is 0 Å². The van der Waals surface area contributed by atoms with Gasteiger partial charge in [-0.05, 0) is 67.9 Å². The Morgan fingerprint density at radius 2 is 2.00 bits per heavy atom. The van der Waals surface area contributed by atoms with Crippen LogP contribution in [0.1, 0.15) is 25.8 Å². The number of rotatable bonds is 9. The number of aliphatic hydroxyl groups excluding tert-OH is 1. The van der Waals surface area contributed by atoms with Crippen molar-refractivity contribution in [3.63, 3.8) is 0 Å². The number of nitrogens with one attached hydrogen (secondary N) is 1. The molecule has 0 amide bonds. The Hall–Kier alpha value is -2.58. The summed E-state index contributed by atoms with van der Waals surface area (Å²) in [4.78, 5) is 4.53. The predicted molar refractivity (Wildman–Crippen MR) is 126 cm³/mol. The summed E-state index contributed by atoms with van der Waals surface area (Å²) in [6, 6.07) is 11.4. The molecule has 2 N–H and O–H groups in total. The van der Waals surface area contributed by atoms with Gasteiger partial charge in [0.05, 0.1) is 21.7 Å². The van der Waals surface area contributed by atoms with Crippen molar-refractivity contribution >= 4 is 34.1 Å². The van der Waals surface area contributed by atoms with Gasteiger partial charge in [0.25, 0.3) is 11.8 Å². The summed E-state index contributed by atoms with van der Waals surface area (Å²) in [7, 11) is 0. The summed E-state index contributed by atoms with van der Waals surface area (Å²) in [5, 5.41) is 18.3. The zero-order valence-electron chi connectivity index (χ0n) is 17.8. The highest BCUT2D eigenvalue weighted by Gasteiger charge is 2.16. The first-order valence-corrected chi connectivity index (χ1v) is 11.1. The van der Waals surface area contributed by atoms with E-state index in [9.17, 15) is 0 Å². The molecule has 0 radical (unpaired) electrons. The Morgan fingerprint density at radius 1 is 1.16 bits per heavy atom. The Morgan fingerprint density at radius 3 is 2.75 bits per heavy atom. The molecule has 4 aromatic rings. The molecule has 2 aromatic carbocycles. The Labute approximate surface area is 195 Å². The second kappa shape index (κ2) is 9.92. The van der Waals surface area contributed by atoms with E-state index < -0.39 is 0 Å². The van der Waals surface area contributed by atoms with Gasteiger partial charge in [0.1, 0.15) is 5.75 Å². The number of ether oxygens (including phenoxy) is 1. The molecule has 0 spiro atoms. The van der Waals surface area contributed by atoms with Crippen LogP contribution in [0.25, 0.3) is 28.3 Å². The predicted octanol–water partition coefficient (Wildman–Crippen LogP) is 5.25. The minimum atomic E-state index is 0.0250. The lowest BCUT2D eigenvalue weighted by atomic mass is 10.1. The van der Waals surface area contributed by atoms with Crippen molar-refractivity contribution in [3.05, 3.63) is 58.2 Å². The van der Waals surface area contributed by atoms with Crippen LogP contribution in [-0.4, -0.2) is 39.1 Å². The van der Waals surface area contributed by atoms with E-state index in [4.69, 9.17) is 37.6 Å². The number of nitrogens with zero attached hydrogens (tertiary/aromatic N) is 3. The van der Waals surface area contributed by atoms with E-state index in [1.807, 2.05) is 38.1 Å². The second-order valence-corrected chi connectivity index (χ2v) is 8.48. The monoisotopic (exact) mass is 474 g/mol. The van der Waals surface area contributed by atoms with Crippen molar-refractivity contribution in [2.24, 2.45) is 0 Å². The Kier molecular flexibility index (Phi) is 7.01. The molecule has 2 aromatic heterocycles. The van der Waals surface area contributed by atoms with Crippen molar-refractivity contribution in [2.75, 3.05) is 13.2 Å². The molecule has 32 heavy (non-hydrogen) atoms. The standard InChI is InChI=1S/C23H24Cl2N4O3/c1-14(2)31-21-7-5-16(11-18(21)24)22-27-23(28-32-22)29-13-19(25)17-10-15(4-6-20(17)29)12-26-8-3-9-30/h4-7,10-11,13-14,26,30H,3,8-9,12H2,1-2H3. The quantitative estimate of drug-likeness (QED) is 0.322. The van der Waals surface area contributed by atoms with Gasteiger partial charge in [-0.3, -0.25) is 4.57 Å². The number of hydrogen-bond donors (Lipinski definition) is 2. The summed E-state index contributed by atoms with van der Waals surface area (Å²) in [6.07, 6.45) is 2.52. The van der Waals surface area contributed by atoms with Gasteiger partial charge >= 0.3 is 0 Å². The van der Waals surface area contributed by atoms with Crippen LogP contribution in [0.15, 0.2) is 47.1 Å². The van der Waals surface area contributed by atoms with E-state index in [2.05, 4.69) is 15.5 Å². The third kappa shape index (κ3) is 4.91. The topological polar surface area (TPSA) is 85.3 Å². The van der Waals surface area contributed by atoms with Gasteiger partial charge < -0.3 is 19.7 Å². The highest BCUT2D eigenvalue weighted by Crippen LogP contribution is 2.32. The zero-order chi connectivity index (χ0) is 22.7. The third-order valence-electron chi connectivity index (χ3n) is 4.83. The molecule has 0 aliphatic carbocycles. The third-order valence-corrected chi connectivity index (χ3v) is 5.43. The van der Waals surface area contributed by atoms with E-state index >= 15 is 0 Å². The summed E-state index contributed by atoms with van der Waals surface area (Å²) in [6.45, 7) is 5.51. The first kappa shape index (κ1) is 22.6. The maximum absolute atomic E-state index is 8.89. The first-order valence-electron chi connectivity index (χ1n) is 10.4.